The lowest BCUT2D eigenvalue weighted by molar-refractivity contribution is -0.139. The van der Waals surface area contributed by atoms with Crippen LogP contribution in [0.5, 0.6) is 0 Å². The van der Waals surface area contributed by atoms with Gasteiger partial charge in [-0.2, -0.15) is 0 Å². The molecular weight excluding hydrogens is 254 g/mol. The van der Waals surface area contributed by atoms with E-state index < -0.39 is 0 Å². The van der Waals surface area contributed by atoms with Crippen molar-refractivity contribution >= 4 is 5.91 Å². The number of ether oxygens (including phenoxy) is 2. The van der Waals surface area contributed by atoms with Gasteiger partial charge in [0.1, 0.15) is 6.10 Å². The van der Waals surface area contributed by atoms with Crippen LogP contribution in [0.15, 0.2) is 0 Å². The number of carbonyl (C=O) groups is 1. The van der Waals surface area contributed by atoms with E-state index in [2.05, 4.69) is 12.2 Å². The monoisotopic (exact) mass is 283 g/mol. The van der Waals surface area contributed by atoms with Crippen molar-refractivity contribution in [1.82, 2.24) is 5.32 Å². The first-order chi connectivity index (χ1) is 9.69. The molecule has 2 fully saturated rings. The molecule has 1 aliphatic carbocycles. The van der Waals surface area contributed by atoms with Crippen molar-refractivity contribution in [3.05, 3.63) is 0 Å². The number of rotatable bonds is 6. The van der Waals surface area contributed by atoms with Crippen molar-refractivity contribution in [2.75, 3.05) is 19.8 Å². The lowest BCUT2D eigenvalue weighted by Gasteiger charge is -2.30. The lowest BCUT2D eigenvalue weighted by Crippen LogP contribution is -2.41. The Hall–Kier alpha value is -0.610. The van der Waals surface area contributed by atoms with Crippen LogP contribution in [0, 0.1) is 11.8 Å². The number of amides is 1. The SMILES string of the molecule is CC[C@H](O[C@@H]1CCC[C@@H](C)C1)C(=O)NC[C@@H]1CCOC1. The highest BCUT2D eigenvalue weighted by Crippen LogP contribution is 2.27. The molecular formula is C16H29NO3. The molecule has 116 valence electrons. The first-order valence-electron chi connectivity index (χ1n) is 8.20. The first-order valence-corrected chi connectivity index (χ1v) is 8.20. The minimum atomic E-state index is -0.285. The van der Waals surface area contributed by atoms with E-state index in [-0.39, 0.29) is 18.1 Å². The van der Waals surface area contributed by atoms with E-state index in [4.69, 9.17) is 9.47 Å². The van der Waals surface area contributed by atoms with Gasteiger partial charge in [0, 0.05) is 19.1 Å². The second-order valence-corrected chi connectivity index (χ2v) is 6.40. The van der Waals surface area contributed by atoms with E-state index in [1.54, 1.807) is 0 Å². The maximum Gasteiger partial charge on any atom is 0.249 e. The predicted octanol–water partition coefficient (Wildman–Crippen LogP) is 2.51. The zero-order valence-electron chi connectivity index (χ0n) is 12.9. The van der Waals surface area contributed by atoms with Crippen LogP contribution < -0.4 is 5.32 Å². The van der Waals surface area contributed by atoms with Gasteiger partial charge >= 0.3 is 0 Å². The highest BCUT2D eigenvalue weighted by atomic mass is 16.5. The summed E-state index contributed by atoms with van der Waals surface area (Å²) in [5.41, 5.74) is 0. The molecule has 2 aliphatic rings. The number of nitrogens with one attached hydrogen (secondary N) is 1. The molecule has 0 radical (unpaired) electrons. The maximum atomic E-state index is 12.2. The molecule has 0 bridgehead atoms. The molecule has 1 N–H and O–H groups in total. The molecule has 1 saturated heterocycles. The number of hydrogen-bond acceptors (Lipinski definition) is 3. The Labute approximate surface area is 122 Å². The normalized spacial score (nSPS) is 32.0. The lowest BCUT2D eigenvalue weighted by atomic mass is 9.88. The summed E-state index contributed by atoms with van der Waals surface area (Å²) >= 11 is 0. The average molecular weight is 283 g/mol. The molecule has 2 rings (SSSR count). The Morgan fingerprint density at radius 1 is 1.40 bits per heavy atom. The van der Waals surface area contributed by atoms with Gasteiger partial charge in [-0.25, -0.2) is 0 Å². The van der Waals surface area contributed by atoms with Gasteiger partial charge in [0.05, 0.1) is 12.7 Å². The highest BCUT2D eigenvalue weighted by molar-refractivity contribution is 5.80. The van der Waals surface area contributed by atoms with Crippen molar-refractivity contribution in [1.29, 1.82) is 0 Å². The summed E-state index contributed by atoms with van der Waals surface area (Å²) in [6.45, 7) is 6.62. The largest absolute Gasteiger partial charge is 0.381 e. The van der Waals surface area contributed by atoms with Crippen molar-refractivity contribution in [3.8, 4) is 0 Å². The van der Waals surface area contributed by atoms with Gasteiger partial charge in [-0.15, -0.1) is 0 Å². The van der Waals surface area contributed by atoms with Crippen LogP contribution in [0.4, 0.5) is 0 Å². The summed E-state index contributed by atoms with van der Waals surface area (Å²) in [5.74, 6) is 1.26. The molecule has 0 aromatic rings. The van der Waals surface area contributed by atoms with Crippen LogP contribution >= 0.6 is 0 Å². The Bertz CT molecular complexity index is 302. The fourth-order valence-corrected chi connectivity index (χ4v) is 3.18. The predicted molar refractivity (Wildman–Crippen MR) is 78.5 cm³/mol. The minimum absolute atomic E-state index is 0.0534. The number of carbonyl (C=O) groups excluding carboxylic acids is 1. The fourth-order valence-electron chi connectivity index (χ4n) is 3.18. The Morgan fingerprint density at radius 3 is 2.90 bits per heavy atom. The van der Waals surface area contributed by atoms with Gasteiger partial charge in [0.25, 0.3) is 0 Å². The third-order valence-corrected chi connectivity index (χ3v) is 4.50. The average Bonchev–Trinajstić information content (AvgIpc) is 2.95. The molecule has 20 heavy (non-hydrogen) atoms. The molecule has 4 nitrogen and oxygen atoms in total. The van der Waals surface area contributed by atoms with Crippen LogP contribution in [-0.2, 0) is 14.3 Å². The summed E-state index contributed by atoms with van der Waals surface area (Å²) in [5, 5.41) is 3.03. The van der Waals surface area contributed by atoms with Gasteiger partial charge < -0.3 is 14.8 Å². The van der Waals surface area contributed by atoms with Crippen molar-refractivity contribution in [2.24, 2.45) is 11.8 Å². The van der Waals surface area contributed by atoms with E-state index >= 15 is 0 Å². The van der Waals surface area contributed by atoms with Crippen molar-refractivity contribution < 1.29 is 14.3 Å². The highest BCUT2D eigenvalue weighted by Gasteiger charge is 2.26. The standard InChI is InChI=1S/C16H29NO3/c1-3-15(20-14-6-4-5-12(2)9-14)16(18)17-10-13-7-8-19-11-13/h12-15H,3-11H2,1-2H3,(H,17,18)/t12-,13+,14-,15+/m1/s1. The van der Waals surface area contributed by atoms with Crippen LogP contribution in [0.25, 0.3) is 0 Å². The second-order valence-electron chi connectivity index (χ2n) is 6.40. The van der Waals surface area contributed by atoms with E-state index in [0.29, 0.717) is 5.92 Å². The Kier molecular flexibility index (Phi) is 6.30. The zero-order chi connectivity index (χ0) is 14.4. The van der Waals surface area contributed by atoms with E-state index in [1.807, 2.05) is 6.92 Å². The Balaban J connectivity index is 1.73. The quantitative estimate of drug-likeness (QED) is 0.815. The molecule has 4 atom stereocenters. The smallest absolute Gasteiger partial charge is 0.249 e. The van der Waals surface area contributed by atoms with Crippen LogP contribution in [0.1, 0.15) is 52.4 Å². The molecule has 4 heteroatoms. The molecule has 1 amide bonds. The molecule has 0 spiro atoms. The molecule has 0 aromatic carbocycles. The van der Waals surface area contributed by atoms with E-state index in [0.717, 1.165) is 51.4 Å². The van der Waals surface area contributed by atoms with Crippen LogP contribution in [-0.4, -0.2) is 37.9 Å². The maximum absolute atomic E-state index is 12.2. The van der Waals surface area contributed by atoms with Crippen molar-refractivity contribution in [3.63, 3.8) is 0 Å². The van der Waals surface area contributed by atoms with Gasteiger partial charge in [-0.05, 0) is 31.6 Å². The first kappa shape index (κ1) is 15.8. The van der Waals surface area contributed by atoms with Crippen molar-refractivity contribution in [2.45, 2.75) is 64.6 Å². The van der Waals surface area contributed by atoms with Gasteiger partial charge in [-0.1, -0.05) is 26.7 Å². The second kappa shape index (κ2) is 7.99. The third kappa shape index (κ3) is 4.74. The fraction of sp³-hybridized carbons (Fsp3) is 0.938. The van der Waals surface area contributed by atoms with E-state index in [1.165, 1.54) is 12.8 Å². The minimum Gasteiger partial charge on any atom is -0.381 e. The molecule has 1 saturated carbocycles. The number of hydrogen-bond donors (Lipinski definition) is 1. The van der Waals surface area contributed by atoms with Gasteiger partial charge in [0.2, 0.25) is 5.91 Å². The van der Waals surface area contributed by atoms with Crippen LogP contribution in [0.3, 0.4) is 0 Å². The summed E-state index contributed by atoms with van der Waals surface area (Å²) in [7, 11) is 0. The third-order valence-electron chi connectivity index (χ3n) is 4.50. The summed E-state index contributed by atoms with van der Waals surface area (Å²) < 4.78 is 11.4. The summed E-state index contributed by atoms with van der Waals surface area (Å²) in [4.78, 5) is 12.2. The van der Waals surface area contributed by atoms with Crippen LogP contribution in [0.2, 0.25) is 0 Å². The van der Waals surface area contributed by atoms with E-state index in [9.17, 15) is 4.79 Å². The summed E-state index contributed by atoms with van der Waals surface area (Å²) in [6, 6.07) is 0. The zero-order valence-corrected chi connectivity index (χ0v) is 12.9. The molecule has 0 unspecified atom stereocenters. The van der Waals surface area contributed by atoms with Gasteiger partial charge in [0.15, 0.2) is 0 Å². The molecule has 1 heterocycles. The molecule has 0 aromatic heterocycles. The summed E-state index contributed by atoms with van der Waals surface area (Å²) in [6.07, 6.45) is 6.51. The Morgan fingerprint density at radius 2 is 2.25 bits per heavy atom. The topological polar surface area (TPSA) is 47.6 Å². The van der Waals surface area contributed by atoms with Gasteiger partial charge in [-0.3, -0.25) is 4.79 Å². The molecule has 1 aliphatic heterocycles.